The summed E-state index contributed by atoms with van der Waals surface area (Å²) in [6, 6.07) is 5.04. The number of H-pyrrole nitrogens is 1. The van der Waals surface area contributed by atoms with E-state index in [1.165, 1.54) is 12.8 Å². The van der Waals surface area contributed by atoms with Gasteiger partial charge in [-0.05, 0) is 30.9 Å². The first kappa shape index (κ1) is 11.4. The van der Waals surface area contributed by atoms with Crippen molar-refractivity contribution < 1.29 is 14.6 Å². The van der Waals surface area contributed by atoms with E-state index < -0.39 is 5.97 Å². The Morgan fingerprint density at radius 3 is 2.89 bits per heavy atom. The highest BCUT2D eigenvalue weighted by Gasteiger charge is 2.22. The minimum Gasteiger partial charge on any atom is -0.492 e. The number of ether oxygens (including phenoxy) is 1. The van der Waals surface area contributed by atoms with Gasteiger partial charge < -0.3 is 14.8 Å². The van der Waals surface area contributed by atoms with Crippen LogP contribution in [0.15, 0.2) is 18.2 Å². The van der Waals surface area contributed by atoms with Gasteiger partial charge in [0.25, 0.3) is 0 Å². The van der Waals surface area contributed by atoms with Gasteiger partial charge in [-0.25, -0.2) is 4.79 Å². The number of halogens is 1. The second-order valence-electron chi connectivity index (χ2n) is 4.61. The summed E-state index contributed by atoms with van der Waals surface area (Å²) in [5.41, 5.74) is 0.878. The van der Waals surface area contributed by atoms with Crippen molar-refractivity contribution in [3.05, 3.63) is 28.9 Å². The number of carboxylic acids is 1. The Morgan fingerprint density at radius 2 is 2.22 bits per heavy atom. The number of carbonyl (C=O) groups is 1. The smallest absolute Gasteiger partial charge is 0.352 e. The number of aromatic carboxylic acids is 1. The molecule has 0 amide bonds. The van der Waals surface area contributed by atoms with Gasteiger partial charge in [0.1, 0.15) is 11.4 Å². The fourth-order valence-electron chi connectivity index (χ4n) is 1.85. The number of benzene rings is 1. The summed E-state index contributed by atoms with van der Waals surface area (Å²) in [6.07, 6.45) is 2.43. The SMILES string of the molecule is O=C(O)c1cc2cc(Cl)c(OCC3CC3)cc2[nH]1. The lowest BCUT2D eigenvalue weighted by Gasteiger charge is -2.07. The highest BCUT2D eigenvalue weighted by Crippen LogP contribution is 2.34. The van der Waals surface area contributed by atoms with Crippen molar-refractivity contribution in [2.75, 3.05) is 6.61 Å². The molecular formula is C13H12ClNO3. The number of aromatic nitrogens is 1. The van der Waals surface area contributed by atoms with Crippen LogP contribution in [0, 0.1) is 5.92 Å². The summed E-state index contributed by atoms with van der Waals surface area (Å²) in [5, 5.41) is 10.2. The molecular weight excluding hydrogens is 254 g/mol. The molecule has 2 aromatic rings. The van der Waals surface area contributed by atoms with Crippen LogP contribution < -0.4 is 4.74 Å². The van der Waals surface area contributed by atoms with Gasteiger partial charge in [-0.1, -0.05) is 11.6 Å². The van der Waals surface area contributed by atoms with Gasteiger partial charge in [0.2, 0.25) is 0 Å². The summed E-state index contributed by atoms with van der Waals surface area (Å²) >= 11 is 6.11. The van der Waals surface area contributed by atoms with Gasteiger partial charge in [-0.3, -0.25) is 0 Å². The van der Waals surface area contributed by atoms with E-state index in [-0.39, 0.29) is 5.69 Å². The molecule has 1 aromatic heterocycles. The van der Waals surface area contributed by atoms with Crippen LogP contribution in [0.25, 0.3) is 10.9 Å². The van der Waals surface area contributed by atoms with Crippen LogP contribution in [0.2, 0.25) is 5.02 Å². The molecule has 5 heteroatoms. The maximum Gasteiger partial charge on any atom is 0.352 e. The topological polar surface area (TPSA) is 62.3 Å². The van der Waals surface area contributed by atoms with Crippen LogP contribution in [0.3, 0.4) is 0 Å². The minimum atomic E-state index is -0.984. The van der Waals surface area contributed by atoms with Crippen LogP contribution in [0.4, 0.5) is 0 Å². The normalized spacial score (nSPS) is 14.9. The molecule has 1 aliphatic carbocycles. The van der Waals surface area contributed by atoms with Crippen LogP contribution in [-0.4, -0.2) is 22.7 Å². The molecule has 1 saturated carbocycles. The van der Waals surface area contributed by atoms with E-state index in [9.17, 15) is 4.79 Å². The number of fused-ring (bicyclic) bond motifs is 1. The minimum absolute atomic E-state index is 0.153. The van der Waals surface area contributed by atoms with Gasteiger partial charge in [-0.15, -0.1) is 0 Å². The third-order valence-corrected chi connectivity index (χ3v) is 3.37. The van der Waals surface area contributed by atoms with Crippen molar-refractivity contribution >= 4 is 28.5 Å². The number of hydrogen-bond donors (Lipinski definition) is 2. The quantitative estimate of drug-likeness (QED) is 0.891. The maximum atomic E-state index is 10.9. The number of rotatable bonds is 4. The average Bonchev–Trinajstić information content (AvgIpc) is 3.05. The van der Waals surface area contributed by atoms with E-state index in [0.717, 1.165) is 10.9 Å². The molecule has 0 spiro atoms. The summed E-state index contributed by atoms with van der Waals surface area (Å²) in [7, 11) is 0. The Bertz CT molecular complexity index is 616. The standard InChI is InChI=1S/C13H12ClNO3/c14-9-3-8-4-11(13(16)17)15-10(8)5-12(9)18-6-7-1-2-7/h3-5,7,15H,1-2,6H2,(H,16,17). The fourth-order valence-corrected chi connectivity index (χ4v) is 2.08. The number of nitrogens with one attached hydrogen (secondary N) is 1. The number of carboxylic acid groups (broad SMARTS) is 1. The summed E-state index contributed by atoms with van der Waals surface area (Å²) in [5.74, 6) is 0.271. The second-order valence-corrected chi connectivity index (χ2v) is 5.02. The first-order valence-electron chi connectivity index (χ1n) is 5.82. The molecule has 1 aromatic carbocycles. The summed E-state index contributed by atoms with van der Waals surface area (Å²) < 4.78 is 5.64. The third kappa shape index (κ3) is 2.16. The van der Waals surface area contributed by atoms with E-state index in [4.69, 9.17) is 21.4 Å². The van der Waals surface area contributed by atoms with Gasteiger partial charge in [0.15, 0.2) is 0 Å². The highest BCUT2D eigenvalue weighted by atomic mass is 35.5. The molecule has 0 saturated heterocycles. The molecule has 94 valence electrons. The predicted molar refractivity (Wildman–Crippen MR) is 68.5 cm³/mol. The molecule has 0 aliphatic heterocycles. The lowest BCUT2D eigenvalue weighted by molar-refractivity contribution is 0.0691. The first-order chi connectivity index (χ1) is 8.63. The largest absolute Gasteiger partial charge is 0.492 e. The Hall–Kier alpha value is -1.68. The highest BCUT2D eigenvalue weighted by molar-refractivity contribution is 6.32. The Kier molecular flexibility index (Phi) is 2.67. The Labute approximate surface area is 109 Å². The van der Waals surface area contributed by atoms with E-state index in [1.54, 1.807) is 18.2 Å². The predicted octanol–water partition coefficient (Wildman–Crippen LogP) is 3.31. The van der Waals surface area contributed by atoms with E-state index in [1.807, 2.05) is 0 Å². The molecule has 1 fully saturated rings. The van der Waals surface area contributed by atoms with E-state index >= 15 is 0 Å². The van der Waals surface area contributed by atoms with Crippen molar-refractivity contribution in [1.82, 2.24) is 4.98 Å². The fraction of sp³-hybridized carbons (Fsp3) is 0.308. The molecule has 4 nitrogen and oxygen atoms in total. The van der Waals surface area contributed by atoms with Crippen molar-refractivity contribution in [3.8, 4) is 5.75 Å². The molecule has 18 heavy (non-hydrogen) atoms. The molecule has 0 bridgehead atoms. The van der Waals surface area contributed by atoms with Gasteiger partial charge in [0.05, 0.1) is 11.6 Å². The van der Waals surface area contributed by atoms with Crippen molar-refractivity contribution in [2.45, 2.75) is 12.8 Å². The summed E-state index contributed by atoms with van der Waals surface area (Å²) in [4.78, 5) is 13.7. The molecule has 0 radical (unpaired) electrons. The lowest BCUT2D eigenvalue weighted by atomic mass is 10.2. The first-order valence-corrected chi connectivity index (χ1v) is 6.19. The van der Waals surface area contributed by atoms with Crippen LogP contribution in [-0.2, 0) is 0 Å². The molecule has 0 atom stereocenters. The van der Waals surface area contributed by atoms with Gasteiger partial charge in [-0.2, -0.15) is 0 Å². The zero-order valence-corrected chi connectivity index (χ0v) is 10.3. The number of hydrogen-bond acceptors (Lipinski definition) is 2. The Morgan fingerprint density at radius 1 is 1.44 bits per heavy atom. The monoisotopic (exact) mass is 265 g/mol. The van der Waals surface area contributed by atoms with Crippen molar-refractivity contribution in [2.24, 2.45) is 5.92 Å². The maximum absolute atomic E-state index is 10.9. The van der Waals surface area contributed by atoms with Crippen molar-refractivity contribution in [1.29, 1.82) is 0 Å². The Balaban J connectivity index is 1.93. The molecule has 2 N–H and O–H groups in total. The van der Waals surface area contributed by atoms with E-state index in [0.29, 0.717) is 23.3 Å². The molecule has 1 heterocycles. The second kappa shape index (κ2) is 4.21. The molecule has 0 unspecified atom stereocenters. The molecule has 1 aliphatic rings. The van der Waals surface area contributed by atoms with Gasteiger partial charge in [0, 0.05) is 17.0 Å². The van der Waals surface area contributed by atoms with Crippen LogP contribution in [0.5, 0.6) is 5.75 Å². The third-order valence-electron chi connectivity index (χ3n) is 3.08. The van der Waals surface area contributed by atoms with Crippen LogP contribution >= 0.6 is 11.6 Å². The van der Waals surface area contributed by atoms with Gasteiger partial charge >= 0.3 is 5.97 Å². The van der Waals surface area contributed by atoms with E-state index in [2.05, 4.69) is 4.98 Å². The molecule has 3 rings (SSSR count). The zero-order chi connectivity index (χ0) is 12.7. The van der Waals surface area contributed by atoms with Crippen molar-refractivity contribution in [3.63, 3.8) is 0 Å². The number of aromatic amines is 1. The van der Waals surface area contributed by atoms with Crippen LogP contribution in [0.1, 0.15) is 23.3 Å². The average molecular weight is 266 g/mol. The summed E-state index contributed by atoms with van der Waals surface area (Å²) in [6.45, 7) is 0.678. The zero-order valence-electron chi connectivity index (χ0n) is 9.57. The lowest BCUT2D eigenvalue weighted by Crippen LogP contribution is -1.99.